The number of nitrogens with one attached hydrogen (secondary N) is 1. The largest absolute Gasteiger partial charge is 0.468 e. The molecule has 2 aromatic rings. The molecule has 132 valence electrons. The van der Waals surface area contributed by atoms with E-state index in [9.17, 15) is 14.9 Å². The van der Waals surface area contributed by atoms with Crippen LogP contribution < -0.4 is 5.32 Å². The second kappa shape index (κ2) is 8.80. The summed E-state index contributed by atoms with van der Waals surface area (Å²) < 4.78 is 4.82. The van der Waals surface area contributed by atoms with Gasteiger partial charge in [-0.1, -0.05) is 41.4 Å². The number of rotatable bonds is 7. The molecule has 8 heteroatoms. The predicted octanol–water partition coefficient (Wildman–Crippen LogP) is 3.78. The van der Waals surface area contributed by atoms with Gasteiger partial charge in [-0.15, -0.1) is 0 Å². The van der Waals surface area contributed by atoms with Crippen LogP contribution in [0.1, 0.15) is 11.1 Å². The fraction of sp³-hybridized carbons (Fsp3) is 0.235. The Morgan fingerprint density at radius 1 is 1.20 bits per heavy atom. The van der Waals surface area contributed by atoms with Crippen molar-refractivity contribution in [3.8, 4) is 0 Å². The summed E-state index contributed by atoms with van der Waals surface area (Å²) in [7, 11) is 1.30. The van der Waals surface area contributed by atoms with E-state index >= 15 is 0 Å². The molecule has 2 aromatic carbocycles. The molecule has 0 saturated carbocycles. The van der Waals surface area contributed by atoms with Gasteiger partial charge in [-0.25, -0.2) is 0 Å². The molecule has 0 aromatic heterocycles. The van der Waals surface area contributed by atoms with Crippen molar-refractivity contribution in [1.29, 1.82) is 0 Å². The average Bonchev–Trinajstić information content (AvgIpc) is 2.60. The van der Waals surface area contributed by atoms with Gasteiger partial charge in [0.05, 0.1) is 12.0 Å². The van der Waals surface area contributed by atoms with Crippen molar-refractivity contribution in [1.82, 2.24) is 5.32 Å². The van der Waals surface area contributed by atoms with Crippen LogP contribution in [-0.4, -0.2) is 24.0 Å². The Bertz CT molecular complexity index is 745. The molecule has 6 nitrogen and oxygen atoms in total. The van der Waals surface area contributed by atoms with Crippen LogP contribution in [0.4, 0.5) is 5.69 Å². The van der Waals surface area contributed by atoms with E-state index in [-0.39, 0.29) is 12.2 Å². The molecule has 25 heavy (non-hydrogen) atoms. The molecule has 0 bridgehead atoms. The maximum Gasteiger partial charge on any atom is 0.323 e. The number of hydrogen-bond donors (Lipinski definition) is 1. The summed E-state index contributed by atoms with van der Waals surface area (Å²) in [6, 6.07) is 10.5. The zero-order valence-electron chi connectivity index (χ0n) is 13.4. The molecule has 0 saturated heterocycles. The number of hydrogen-bond acceptors (Lipinski definition) is 5. The number of nitro groups is 1. The molecule has 2 rings (SSSR count). The van der Waals surface area contributed by atoms with E-state index in [1.807, 2.05) is 0 Å². The van der Waals surface area contributed by atoms with Crippen molar-refractivity contribution in [2.45, 2.75) is 19.0 Å². The van der Waals surface area contributed by atoms with E-state index in [0.717, 1.165) is 5.56 Å². The van der Waals surface area contributed by atoms with Gasteiger partial charge in [-0.2, -0.15) is 0 Å². The van der Waals surface area contributed by atoms with Crippen molar-refractivity contribution < 1.29 is 14.5 Å². The first-order valence-electron chi connectivity index (χ1n) is 7.39. The number of esters is 1. The lowest BCUT2D eigenvalue weighted by molar-refractivity contribution is -0.384. The Morgan fingerprint density at radius 2 is 1.80 bits per heavy atom. The molecule has 1 N–H and O–H groups in total. The standard InChI is InChI=1S/C17H16Cl2N2O4/c1-25-17(22)16(9-11-5-7-12(8-6-11)21(23)24)20-10-13-14(18)3-2-4-15(13)19/h2-8,16,20H,9-10H2,1H3/t16-/m1/s1. The molecule has 0 aliphatic heterocycles. The molecular formula is C17H16Cl2N2O4. The molecule has 0 spiro atoms. The summed E-state index contributed by atoms with van der Waals surface area (Å²) in [6.07, 6.45) is 0.312. The van der Waals surface area contributed by atoms with E-state index in [4.69, 9.17) is 27.9 Å². The van der Waals surface area contributed by atoms with E-state index in [1.54, 1.807) is 30.3 Å². The second-order valence-electron chi connectivity index (χ2n) is 5.28. The number of ether oxygens (including phenoxy) is 1. The monoisotopic (exact) mass is 382 g/mol. The van der Waals surface area contributed by atoms with Gasteiger partial charge in [0, 0.05) is 34.3 Å². The minimum absolute atomic E-state index is 0.00539. The highest BCUT2D eigenvalue weighted by atomic mass is 35.5. The Labute approximate surface area is 154 Å². The molecule has 0 aliphatic rings. The van der Waals surface area contributed by atoms with Crippen LogP contribution in [-0.2, 0) is 22.5 Å². The summed E-state index contributed by atoms with van der Waals surface area (Å²) in [5, 5.41) is 14.8. The van der Waals surface area contributed by atoms with Crippen LogP contribution in [0, 0.1) is 10.1 Å². The van der Waals surface area contributed by atoms with Gasteiger partial charge in [-0.05, 0) is 24.1 Å². The van der Waals surface area contributed by atoms with Crippen LogP contribution >= 0.6 is 23.2 Å². The van der Waals surface area contributed by atoms with Crippen molar-refractivity contribution >= 4 is 34.9 Å². The lowest BCUT2D eigenvalue weighted by Crippen LogP contribution is -2.39. The Balaban J connectivity index is 2.11. The number of carbonyl (C=O) groups is 1. The minimum atomic E-state index is -0.640. The van der Waals surface area contributed by atoms with E-state index in [0.29, 0.717) is 22.0 Å². The number of non-ortho nitro benzene ring substituents is 1. The topological polar surface area (TPSA) is 81.5 Å². The van der Waals surface area contributed by atoms with Crippen LogP contribution in [0.3, 0.4) is 0 Å². The average molecular weight is 383 g/mol. The van der Waals surface area contributed by atoms with Crippen LogP contribution in [0.25, 0.3) is 0 Å². The van der Waals surface area contributed by atoms with Gasteiger partial charge >= 0.3 is 5.97 Å². The first-order valence-corrected chi connectivity index (χ1v) is 8.15. The summed E-state index contributed by atoms with van der Waals surface area (Å²) in [5.74, 6) is -0.443. The Morgan fingerprint density at radius 3 is 2.32 bits per heavy atom. The summed E-state index contributed by atoms with van der Waals surface area (Å²) >= 11 is 12.3. The molecule has 0 amide bonds. The quantitative estimate of drug-likeness (QED) is 0.447. The van der Waals surface area contributed by atoms with Crippen molar-refractivity contribution in [3.63, 3.8) is 0 Å². The van der Waals surface area contributed by atoms with E-state index in [2.05, 4.69) is 5.32 Å². The van der Waals surface area contributed by atoms with Gasteiger partial charge in [0.1, 0.15) is 6.04 Å². The third-order valence-electron chi connectivity index (χ3n) is 3.66. The van der Waals surface area contributed by atoms with Crippen molar-refractivity contribution in [2.75, 3.05) is 7.11 Å². The molecule has 0 heterocycles. The highest BCUT2D eigenvalue weighted by Crippen LogP contribution is 2.24. The van der Waals surface area contributed by atoms with Crippen LogP contribution in [0.5, 0.6) is 0 Å². The zero-order chi connectivity index (χ0) is 18.4. The maximum absolute atomic E-state index is 12.0. The normalized spacial score (nSPS) is 11.8. The summed E-state index contributed by atoms with van der Waals surface area (Å²) in [5.41, 5.74) is 1.44. The lowest BCUT2D eigenvalue weighted by atomic mass is 10.0. The fourth-order valence-corrected chi connectivity index (χ4v) is 2.83. The first kappa shape index (κ1) is 19.2. The summed E-state index contributed by atoms with van der Waals surface area (Å²) in [4.78, 5) is 22.3. The third-order valence-corrected chi connectivity index (χ3v) is 4.37. The van der Waals surface area contributed by atoms with Gasteiger partial charge < -0.3 is 4.74 Å². The number of carbonyl (C=O) groups excluding carboxylic acids is 1. The zero-order valence-corrected chi connectivity index (χ0v) is 14.9. The molecule has 1 atom stereocenters. The highest BCUT2D eigenvalue weighted by molar-refractivity contribution is 6.35. The fourth-order valence-electron chi connectivity index (χ4n) is 2.30. The van der Waals surface area contributed by atoms with E-state index in [1.165, 1.54) is 19.2 Å². The highest BCUT2D eigenvalue weighted by Gasteiger charge is 2.20. The maximum atomic E-state index is 12.0. The lowest BCUT2D eigenvalue weighted by Gasteiger charge is -2.17. The number of benzene rings is 2. The predicted molar refractivity (Wildman–Crippen MR) is 95.9 cm³/mol. The molecule has 0 fully saturated rings. The molecule has 0 radical (unpaired) electrons. The molecule has 0 unspecified atom stereocenters. The smallest absolute Gasteiger partial charge is 0.323 e. The minimum Gasteiger partial charge on any atom is -0.468 e. The van der Waals surface area contributed by atoms with Crippen LogP contribution in [0.15, 0.2) is 42.5 Å². The number of nitro benzene ring substituents is 1. The Kier molecular flexibility index (Phi) is 6.75. The number of methoxy groups -OCH3 is 1. The van der Waals surface area contributed by atoms with Gasteiger partial charge in [0.15, 0.2) is 0 Å². The van der Waals surface area contributed by atoms with Gasteiger partial charge in [0.2, 0.25) is 0 Å². The Hall–Kier alpha value is -2.15. The number of halogens is 2. The van der Waals surface area contributed by atoms with Gasteiger partial charge in [-0.3, -0.25) is 20.2 Å². The van der Waals surface area contributed by atoms with Crippen LogP contribution in [0.2, 0.25) is 10.0 Å². The van der Waals surface area contributed by atoms with Gasteiger partial charge in [0.25, 0.3) is 5.69 Å². The third kappa shape index (κ3) is 5.16. The molecular weight excluding hydrogens is 367 g/mol. The van der Waals surface area contributed by atoms with Crippen molar-refractivity contribution in [2.24, 2.45) is 0 Å². The van der Waals surface area contributed by atoms with E-state index < -0.39 is 16.9 Å². The summed E-state index contributed by atoms with van der Waals surface area (Å²) in [6.45, 7) is 0.283. The molecule has 0 aliphatic carbocycles. The van der Waals surface area contributed by atoms with Crippen molar-refractivity contribution in [3.05, 3.63) is 73.8 Å². The SMILES string of the molecule is COC(=O)[C@@H](Cc1ccc([N+](=O)[O-])cc1)NCc1c(Cl)cccc1Cl. The number of nitrogens with zero attached hydrogens (tertiary/aromatic N) is 1. The first-order chi connectivity index (χ1) is 11.9. The second-order valence-corrected chi connectivity index (χ2v) is 6.10.